The fraction of sp³-hybridized carbons (Fsp3) is 0.469. The zero-order chi connectivity index (χ0) is 32.7. The van der Waals surface area contributed by atoms with Crippen molar-refractivity contribution in [3.05, 3.63) is 59.7 Å². The van der Waals surface area contributed by atoms with Crippen LogP contribution in [0.1, 0.15) is 42.6 Å². The number of nitrogens with zero attached hydrogens (tertiary/aromatic N) is 2. The number of aromatic hydroxyl groups is 1. The van der Waals surface area contributed by atoms with Gasteiger partial charge in [0.15, 0.2) is 11.5 Å². The third kappa shape index (κ3) is 8.09. The minimum Gasteiger partial charge on any atom is -0.504 e. The highest BCUT2D eigenvalue weighted by molar-refractivity contribution is 5.98. The third-order valence-electron chi connectivity index (χ3n) is 8.30. The fourth-order valence-electron chi connectivity index (χ4n) is 5.58. The molecule has 2 aromatic carbocycles. The second-order valence-electron chi connectivity index (χ2n) is 11.5. The third-order valence-corrected chi connectivity index (χ3v) is 8.30. The largest absolute Gasteiger partial charge is 0.504 e. The first-order valence-electron chi connectivity index (χ1n) is 15.1. The zero-order valence-corrected chi connectivity index (χ0v) is 25.7. The molecule has 5 amide bonds. The molecule has 13 nitrogen and oxygen atoms in total. The number of rotatable bonds is 6. The van der Waals surface area contributed by atoms with Crippen LogP contribution in [-0.4, -0.2) is 107 Å². The second kappa shape index (κ2) is 14.9. The molecule has 2 aliphatic heterocycles. The molecular formula is C32H41N5O8. The van der Waals surface area contributed by atoms with Gasteiger partial charge in [0.2, 0.25) is 23.6 Å². The van der Waals surface area contributed by atoms with E-state index < -0.39 is 60.3 Å². The lowest BCUT2D eigenvalue weighted by Crippen LogP contribution is -2.58. The molecule has 2 fully saturated rings. The summed E-state index contributed by atoms with van der Waals surface area (Å²) in [7, 11) is 1.38. The Bertz CT molecular complexity index is 1400. The number of phenolic OH excluding ortho intramolecular Hbond substituents is 1. The van der Waals surface area contributed by atoms with Crippen LogP contribution < -0.4 is 20.7 Å². The van der Waals surface area contributed by atoms with Crippen molar-refractivity contribution < 1.29 is 38.9 Å². The van der Waals surface area contributed by atoms with Gasteiger partial charge < -0.3 is 40.7 Å². The molecule has 2 aliphatic rings. The molecule has 5 atom stereocenters. The number of aliphatic hydroxyl groups is 1. The molecule has 2 saturated heterocycles. The Labute approximate surface area is 261 Å². The van der Waals surface area contributed by atoms with Gasteiger partial charge in [-0.2, -0.15) is 0 Å². The van der Waals surface area contributed by atoms with Crippen LogP contribution in [0.5, 0.6) is 11.5 Å². The lowest BCUT2D eigenvalue weighted by atomic mass is 9.97. The number of benzene rings is 2. The fourth-order valence-corrected chi connectivity index (χ4v) is 5.58. The molecule has 0 aromatic heterocycles. The summed E-state index contributed by atoms with van der Waals surface area (Å²) in [6.07, 6.45) is -0.303. The van der Waals surface area contributed by atoms with Gasteiger partial charge in [-0.05, 0) is 29.7 Å². The Morgan fingerprint density at radius 1 is 1.07 bits per heavy atom. The van der Waals surface area contributed by atoms with Gasteiger partial charge in [-0.25, -0.2) is 0 Å². The minimum absolute atomic E-state index is 0.0184. The lowest BCUT2D eigenvalue weighted by Gasteiger charge is -2.32. The van der Waals surface area contributed by atoms with E-state index in [1.165, 1.54) is 35.1 Å². The molecule has 0 radical (unpaired) electrons. The van der Waals surface area contributed by atoms with Crippen molar-refractivity contribution in [2.45, 2.75) is 57.3 Å². The lowest BCUT2D eigenvalue weighted by molar-refractivity contribution is -0.143. The Balaban J connectivity index is 1.68. The number of phenols is 1. The van der Waals surface area contributed by atoms with E-state index in [9.17, 15) is 34.2 Å². The molecule has 13 heteroatoms. The first-order valence-corrected chi connectivity index (χ1v) is 15.1. The summed E-state index contributed by atoms with van der Waals surface area (Å²) in [5.41, 5.74) is 0.876. The van der Waals surface area contributed by atoms with Gasteiger partial charge in [-0.3, -0.25) is 24.0 Å². The highest BCUT2D eigenvalue weighted by atomic mass is 16.5. The van der Waals surface area contributed by atoms with E-state index in [0.717, 1.165) is 5.56 Å². The average Bonchev–Trinajstić information content (AvgIpc) is 3.43. The summed E-state index contributed by atoms with van der Waals surface area (Å²) in [6, 6.07) is 10.1. The van der Waals surface area contributed by atoms with Crippen LogP contribution in [0.25, 0.3) is 0 Å². The number of fused-ring (bicyclic) bond motifs is 1. The van der Waals surface area contributed by atoms with Gasteiger partial charge in [0.1, 0.15) is 18.1 Å². The van der Waals surface area contributed by atoms with E-state index in [0.29, 0.717) is 6.42 Å². The molecule has 0 aliphatic carbocycles. The summed E-state index contributed by atoms with van der Waals surface area (Å²) >= 11 is 0. The molecule has 5 N–H and O–H groups in total. The monoisotopic (exact) mass is 623 g/mol. The number of hydrogen-bond donors (Lipinski definition) is 5. The maximum Gasteiger partial charge on any atom is 0.254 e. The van der Waals surface area contributed by atoms with Gasteiger partial charge in [0.25, 0.3) is 5.91 Å². The summed E-state index contributed by atoms with van der Waals surface area (Å²) < 4.78 is 5.06. The van der Waals surface area contributed by atoms with E-state index in [4.69, 9.17) is 4.74 Å². The minimum atomic E-state index is -1.05. The number of aliphatic hydroxyl groups excluding tert-OH is 1. The van der Waals surface area contributed by atoms with Crippen LogP contribution in [0.15, 0.2) is 48.5 Å². The van der Waals surface area contributed by atoms with E-state index in [1.807, 2.05) is 37.3 Å². The second-order valence-corrected chi connectivity index (χ2v) is 11.5. The Morgan fingerprint density at radius 3 is 2.47 bits per heavy atom. The van der Waals surface area contributed by atoms with Crippen LogP contribution in [0, 0.1) is 5.92 Å². The molecular weight excluding hydrogens is 582 g/mol. The van der Waals surface area contributed by atoms with Crippen molar-refractivity contribution in [2.75, 3.05) is 33.3 Å². The van der Waals surface area contributed by atoms with Gasteiger partial charge in [0.05, 0.1) is 19.8 Å². The van der Waals surface area contributed by atoms with Crippen molar-refractivity contribution >= 4 is 29.5 Å². The molecule has 0 saturated carbocycles. The van der Waals surface area contributed by atoms with Crippen molar-refractivity contribution in [1.82, 2.24) is 25.8 Å². The number of amides is 5. The SMILES string of the molecule is CC[C@H](C)[C@@H]1NC(=O)CN(C(=O)c2ccc(OC)c(O)c2)CCNC(=O)[C@H](Cc2ccccc2)NC(=O)[C@@H]2C[C@@H](O)CN2C1=O. The normalized spacial score (nSPS) is 24.0. The van der Waals surface area contributed by atoms with Gasteiger partial charge >= 0.3 is 0 Å². The molecule has 0 bridgehead atoms. The van der Waals surface area contributed by atoms with Gasteiger partial charge in [-0.15, -0.1) is 0 Å². The predicted octanol–water partition coefficient (Wildman–Crippen LogP) is 0.193. The van der Waals surface area contributed by atoms with Crippen LogP contribution in [0.3, 0.4) is 0 Å². The van der Waals surface area contributed by atoms with Crippen molar-refractivity contribution in [3.8, 4) is 11.5 Å². The number of nitrogens with one attached hydrogen (secondary N) is 3. The highest BCUT2D eigenvalue weighted by Gasteiger charge is 2.43. The van der Waals surface area contributed by atoms with Crippen LogP contribution in [0.2, 0.25) is 0 Å². The van der Waals surface area contributed by atoms with Crippen molar-refractivity contribution in [3.63, 3.8) is 0 Å². The summed E-state index contributed by atoms with van der Waals surface area (Å²) in [6.45, 7) is 2.96. The number of hydrogen-bond acceptors (Lipinski definition) is 8. The van der Waals surface area contributed by atoms with Gasteiger partial charge in [0, 0.05) is 38.0 Å². The zero-order valence-electron chi connectivity index (χ0n) is 25.7. The predicted molar refractivity (Wildman–Crippen MR) is 163 cm³/mol. The molecule has 0 unspecified atom stereocenters. The summed E-state index contributed by atoms with van der Waals surface area (Å²) in [5.74, 6) is -3.29. The number of ether oxygens (including phenoxy) is 1. The van der Waals surface area contributed by atoms with E-state index >= 15 is 0 Å². The van der Waals surface area contributed by atoms with E-state index in [2.05, 4.69) is 16.0 Å². The molecule has 0 spiro atoms. The number of carbonyl (C=O) groups is 5. The topological polar surface area (TPSA) is 178 Å². The molecule has 242 valence electrons. The molecule has 2 heterocycles. The van der Waals surface area contributed by atoms with Gasteiger partial charge in [-0.1, -0.05) is 50.6 Å². The smallest absolute Gasteiger partial charge is 0.254 e. The highest BCUT2D eigenvalue weighted by Crippen LogP contribution is 2.27. The van der Waals surface area contributed by atoms with Crippen LogP contribution in [0.4, 0.5) is 0 Å². The Morgan fingerprint density at radius 2 is 1.80 bits per heavy atom. The summed E-state index contributed by atoms with van der Waals surface area (Å²) in [4.78, 5) is 70.4. The Hall–Kier alpha value is -4.65. The molecule has 45 heavy (non-hydrogen) atoms. The summed E-state index contributed by atoms with van der Waals surface area (Å²) in [5, 5.41) is 29.0. The first kappa shape index (κ1) is 33.2. The number of methoxy groups -OCH3 is 1. The van der Waals surface area contributed by atoms with Crippen LogP contribution >= 0.6 is 0 Å². The van der Waals surface area contributed by atoms with Crippen molar-refractivity contribution in [2.24, 2.45) is 5.92 Å². The maximum absolute atomic E-state index is 13.9. The number of carbonyl (C=O) groups excluding carboxylic acids is 5. The van der Waals surface area contributed by atoms with Crippen LogP contribution in [-0.2, 0) is 25.6 Å². The molecule has 4 rings (SSSR count). The average molecular weight is 624 g/mol. The van der Waals surface area contributed by atoms with E-state index in [-0.39, 0.29) is 55.5 Å². The maximum atomic E-state index is 13.9. The van der Waals surface area contributed by atoms with E-state index in [1.54, 1.807) is 6.92 Å². The first-order chi connectivity index (χ1) is 21.5. The Kier molecular flexibility index (Phi) is 11.0. The van der Waals surface area contributed by atoms with Crippen molar-refractivity contribution in [1.29, 1.82) is 0 Å². The molecule has 2 aromatic rings. The quantitative estimate of drug-likeness (QED) is 0.303. The standard InChI is InChI=1S/C32H41N5O8/c1-4-19(2)28-32(44)37-17-22(38)16-24(37)30(42)34-23(14-20-8-6-5-7-9-20)29(41)33-12-13-36(18-27(40)35-28)31(43)21-10-11-26(45-3)25(39)15-21/h5-11,15,19,22-24,28,38-39H,4,12-14,16-18H2,1-3H3,(H,33,41)(H,34,42)(H,35,40)/t19-,22+,23-,24-,28-/m0/s1.